The summed E-state index contributed by atoms with van der Waals surface area (Å²) >= 11 is 1.61. The summed E-state index contributed by atoms with van der Waals surface area (Å²) in [7, 11) is 0. The molecule has 246 valence electrons. The van der Waals surface area contributed by atoms with Crippen molar-refractivity contribution < 1.29 is 24.2 Å². The van der Waals surface area contributed by atoms with Crippen molar-refractivity contribution in [3.05, 3.63) is 85.5 Å². The van der Waals surface area contributed by atoms with Crippen LogP contribution in [0.25, 0.3) is 0 Å². The number of likely N-dealkylation sites (tertiary alicyclic amines) is 1. The zero-order chi connectivity index (χ0) is 32.8. The van der Waals surface area contributed by atoms with E-state index in [1.54, 1.807) is 27.6 Å². The first-order chi connectivity index (χ1) is 22.4. The lowest BCUT2D eigenvalue weighted by atomic mass is 9.71. The van der Waals surface area contributed by atoms with Crippen LogP contribution in [0.5, 0.6) is 0 Å². The van der Waals surface area contributed by atoms with Gasteiger partial charge in [0.15, 0.2) is 0 Å². The topological polar surface area (TPSA) is 90.4 Å². The number of amides is 2. The zero-order valence-electron chi connectivity index (χ0n) is 27.1. The van der Waals surface area contributed by atoms with Crippen molar-refractivity contribution in [2.45, 2.75) is 68.0 Å². The summed E-state index contributed by atoms with van der Waals surface area (Å²) in [6.07, 6.45) is 7.34. The summed E-state index contributed by atoms with van der Waals surface area (Å²) in [5, 5.41) is 10.7. The normalized spacial score (nSPS) is 25.2. The Labute approximate surface area is 277 Å². The predicted octanol–water partition coefficient (Wildman–Crippen LogP) is 5.78. The molecule has 6 atom stereocenters. The number of fused-ring (bicyclic) bond motifs is 1. The molecule has 8 nitrogen and oxygen atoms in total. The maximum atomic E-state index is 15.0. The number of hydrogen-bond donors (Lipinski definition) is 1. The lowest BCUT2D eigenvalue weighted by molar-refractivity contribution is -0.154. The minimum Gasteiger partial charge on any atom is -0.465 e. The van der Waals surface area contributed by atoms with Crippen molar-refractivity contribution in [1.29, 1.82) is 0 Å². The molecule has 3 fully saturated rings. The maximum Gasteiger partial charge on any atom is 0.310 e. The van der Waals surface area contributed by atoms with Crippen LogP contribution in [0.2, 0.25) is 0 Å². The molecule has 1 N–H and O–H groups in total. The van der Waals surface area contributed by atoms with Gasteiger partial charge in [-0.2, -0.15) is 0 Å². The number of aliphatic hydroxyl groups is 1. The number of unbranched alkanes of at least 4 members (excludes halogenated alkanes) is 2. The Morgan fingerprint density at radius 1 is 1.07 bits per heavy atom. The SMILES string of the molecule is C=CCCCCOC(=O)[C@@H]1[C@@H]2CCC3(S2)C(C(=O)N(CC=C)c2ccc(N(CC)CC)cc2)N([C@H](CO)c2ccccc2)C(=O)[C@H]13. The lowest BCUT2D eigenvalue weighted by Crippen LogP contribution is -2.56. The molecular weight excluding hydrogens is 598 g/mol. The third-order valence-electron chi connectivity index (χ3n) is 9.85. The van der Waals surface area contributed by atoms with Gasteiger partial charge in [0.25, 0.3) is 5.91 Å². The van der Waals surface area contributed by atoms with E-state index in [-0.39, 0.29) is 36.2 Å². The fourth-order valence-corrected chi connectivity index (χ4v) is 9.88. The van der Waals surface area contributed by atoms with Gasteiger partial charge in [0.1, 0.15) is 6.04 Å². The second kappa shape index (κ2) is 14.9. The first-order valence-electron chi connectivity index (χ1n) is 16.6. The van der Waals surface area contributed by atoms with Crippen molar-refractivity contribution in [2.24, 2.45) is 11.8 Å². The third kappa shape index (κ3) is 6.11. The summed E-state index contributed by atoms with van der Waals surface area (Å²) in [4.78, 5) is 48.9. The van der Waals surface area contributed by atoms with Crippen LogP contribution in [0.15, 0.2) is 79.9 Å². The number of hydrogen-bond acceptors (Lipinski definition) is 7. The van der Waals surface area contributed by atoms with Gasteiger partial charge in [-0.05, 0) is 75.8 Å². The zero-order valence-corrected chi connectivity index (χ0v) is 27.9. The Bertz CT molecular complexity index is 1400. The Morgan fingerprint density at radius 3 is 2.39 bits per heavy atom. The fraction of sp³-hybridized carbons (Fsp3) is 0.486. The molecule has 0 aliphatic carbocycles. The van der Waals surface area contributed by atoms with Crippen LogP contribution < -0.4 is 9.80 Å². The van der Waals surface area contributed by atoms with E-state index >= 15 is 4.79 Å². The molecule has 3 saturated heterocycles. The number of benzene rings is 2. The molecule has 2 aromatic carbocycles. The molecule has 2 bridgehead atoms. The number of esters is 1. The lowest BCUT2D eigenvalue weighted by Gasteiger charge is -2.39. The Balaban J connectivity index is 1.53. The minimum absolute atomic E-state index is 0.0995. The summed E-state index contributed by atoms with van der Waals surface area (Å²) in [6, 6.07) is 15.6. The van der Waals surface area contributed by atoms with E-state index in [2.05, 4.69) is 31.9 Å². The molecule has 5 rings (SSSR count). The van der Waals surface area contributed by atoms with E-state index in [9.17, 15) is 14.7 Å². The Morgan fingerprint density at radius 2 is 1.76 bits per heavy atom. The van der Waals surface area contributed by atoms with E-state index in [0.29, 0.717) is 18.7 Å². The molecule has 0 aromatic heterocycles. The van der Waals surface area contributed by atoms with E-state index < -0.39 is 28.7 Å². The van der Waals surface area contributed by atoms with Crippen LogP contribution in [0, 0.1) is 11.8 Å². The molecule has 2 aromatic rings. The van der Waals surface area contributed by atoms with Crippen molar-refractivity contribution in [3.8, 4) is 0 Å². The standard InChI is InChI=1S/C37H47N3O5S/c1-5-9-10-14-24-45-36(44)31-30-21-22-37(46-30)32(31)34(42)40(29(25-41)26-15-12-11-13-16-26)33(37)35(43)39(23-6-2)28-19-17-27(18-20-28)38(7-3)8-4/h5-6,11-13,15-20,29-33,41H,1-2,7-10,14,21-25H2,3-4H3/t29-,30+,31-,32+,33?,37?/m1/s1. The monoisotopic (exact) mass is 645 g/mol. The highest BCUT2D eigenvalue weighted by Gasteiger charge is 2.75. The minimum atomic E-state index is -0.884. The van der Waals surface area contributed by atoms with Crippen LogP contribution in [0.1, 0.15) is 57.6 Å². The van der Waals surface area contributed by atoms with Crippen LogP contribution >= 0.6 is 11.8 Å². The number of anilines is 2. The summed E-state index contributed by atoms with van der Waals surface area (Å²) in [5.74, 6) is -2.20. The summed E-state index contributed by atoms with van der Waals surface area (Å²) < 4.78 is 4.95. The highest BCUT2D eigenvalue weighted by Crippen LogP contribution is 2.67. The summed E-state index contributed by atoms with van der Waals surface area (Å²) in [5.41, 5.74) is 2.52. The smallest absolute Gasteiger partial charge is 0.310 e. The quantitative estimate of drug-likeness (QED) is 0.141. The van der Waals surface area contributed by atoms with Crippen molar-refractivity contribution in [1.82, 2.24) is 4.90 Å². The third-order valence-corrected chi connectivity index (χ3v) is 11.8. The second-order valence-corrected chi connectivity index (χ2v) is 13.9. The molecule has 1 spiro atoms. The average Bonchev–Trinajstić information content (AvgIpc) is 3.73. The van der Waals surface area contributed by atoms with Gasteiger partial charge in [-0.1, -0.05) is 42.5 Å². The molecule has 0 saturated carbocycles. The molecule has 0 radical (unpaired) electrons. The van der Waals surface area contributed by atoms with Gasteiger partial charge >= 0.3 is 5.97 Å². The number of allylic oxidation sites excluding steroid dienone is 1. The molecule has 9 heteroatoms. The van der Waals surface area contributed by atoms with E-state index in [0.717, 1.165) is 50.0 Å². The number of nitrogens with zero attached hydrogens (tertiary/aromatic N) is 3. The number of carbonyl (C=O) groups excluding carboxylic acids is 3. The van der Waals surface area contributed by atoms with Crippen LogP contribution in [0.3, 0.4) is 0 Å². The van der Waals surface area contributed by atoms with Gasteiger partial charge in [-0.15, -0.1) is 24.9 Å². The van der Waals surface area contributed by atoms with Crippen molar-refractivity contribution >= 4 is 40.9 Å². The van der Waals surface area contributed by atoms with E-state index in [1.807, 2.05) is 60.7 Å². The molecule has 2 unspecified atom stereocenters. The van der Waals surface area contributed by atoms with E-state index in [1.165, 1.54) is 0 Å². The largest absolute Gasteiger partial charge is 0.465 e. The number of aliphatic hydroxyl groups excluding tert-OH is 1. The molecule has 46 heavy (non-hydrogen) atoms. The molecule has 3 aliphatic rings. The second-order valence-electron chi connectivity index (χ2n) is 12.3. The van der Waals surface area contributed by atoms with Crippen molar-refractivity contribution in [2.75, 3.05) is 42.6 Å². The number of ether oxygens (including phenoxy) is 1. The number of rotatable bonds is 16. The average molecular weight is 646 g/mol. The highest BCUT2D eigenvalue weighted by atomic mass is 32.2. The predicted molar refractivity (Wildman–Crippen MR) is 185 cm³/mol. The first-order valence-corrected chi connectivity index (χ1v) is 17.4. The van der Waals surface area contributed by atoms with Gasteiger partial charge in [0.05, 0.1) is 35.8 Å². The fourth-order valence-electron chi connectivity index (χ4n) is 7.69. The van der Waals surface area contributed by atoms with Gasteiger partial charge in [0.2, 0.25) is 5.91 Å². The molecule has 3 aliphatic heterocycles. The first kappa shape index (κ1) is 33.8. The van der Waals surface area contributed by atoms with Crippen molar-refractivity contribution in [3.63, 3.8) is 0 Å². The van der Waals surface area contributed by atoms with Gasteiger partial charge in [-0.3, -0.25) is 14.4 Å². The van der Waals surface area contributed by atoms with Gasteiger partial charge in [-0.25, -0.2) is 0 Å². The molecule has 3 heterocycles. The number of thioether (sulfide) groups is 1. The summed E-state index contributed by atoms with van der Waals surface area (Å²) in [6.45, 7) is 13.8. The Kier molecular flexibility index (Phi) is 10.9. The maximum absolute atomic E-state index is 15.0. The molecular formula is C37H47N3O5S. The molecule has 2 amide bonds. The van der Waals surface area contributed by atoms with Crippen LogP contribution in [-0.4, -0.2) is 76.7 Å². The Hall–Kier alpha value is -3.56. The van der Waals surface area contributed by atoms with E-state index in [4.69, 9.17) is 4.74 Å². The van der Waals surface area contributed by atoms with Gasteiger partial charge in [0, 0.05) is 36.3 Å². The van der Waals surface area contributed by atoms with Crippen LogP contribution in [0.4, 0.5) is 11.4 Å². The van der Waals surface area contributed by atoms with Crippen LogP contribution in [-0.2, 0) is 19.1 Å². The highest BCUT2D eigenvalue weighted by molar-refractivity contribution is 8.02. The van der Waals surface area contributed by atoms with Gasteiger partial charge < -0.3 is 24.5 Å². The number of carbonyl (C=O) groups is 3.